The van der Waals surface area contributed by atoms with Crippen LogP contribution in [0, 0.1) is 0 Å². The molecule has 4 heteroatoms. The summed E-state index contributed by atoms with van der Waals surface area (Å²) in [6, 6.07) is 8.64. The van der Waals surface area contributed by atoms with E-state index in [2.05, 4.69) is 48.1 Å². The van der Waals surface area contributed by atoms with Crippen LogP contribution in [0.5, 0.6) is 0 Å². The fourth-order valence-corrected chi connectivity index (χ4v) is 3.63. The Balaban J connectivity index is 1.82. The van der Waals surface area contributed by atoms with Crippen molar-refractivity contribution in [3.8, 4) is 0 Å². The largest absolute Gasteiger partial charge is 0.373 e. The molecule has 2 aliphatic rings. The number of nitrogens with zero attached hydrogens (tertiary/aromatic N) is 2. The summed E-state index contributed by atoms with van der Waals surface area (Å²) in [5.41, 5.74) is 1.35. The van der Waals surface area contributed by atoms with Crippen molar-refractivity contribution >= 4 is 17.4 Å². The molecule has 92 valence electrons. The molecule has 0 N–H and O–H groups in total. The zero-order valence-electron chi connectivity index (χ0n) is 10.3. The average Bonchev–Trinajstić information content (AvgIpc) is 2.71. The number of anilines is 1. The quantitative estimate of drug-likeness (QED) is 0.761. The number of benzene rings is 1. The Morgan fingerprint density at radius 3 is 2.65 bits per heavy atom. The minimum Gasteiger partial charge on any atom is -0.373 e. The van der Waals surface area contributed by atoms with Crippen LogP contribution < -0.4 is 5.01 Å². The van der Waals surface area contributed by atoms with Crippen LogP contribution in [0.1, 0.15) is 13.8 Å². The third kappa shape index (κ3) is 2.17. The maximum absolute atomic E-state index is 5.79. The molecule has 1 fully saturated rings. The molecule has 0 spiro atoms. The van der Waals surface area contributed by atoms with Crippen LogP contribution in [-0.2, 0) is 4.74 Å². The predicted molar refractivity (Wildman–Crippen MR) is 71.2 cm³/mol. The normalized spacial score (nSPS) is 29.4. The number of ether oxygens (including phenoxy) is 1. The van der Waals surface area contributed by atoms with Gasteiger partial charge in [0.25, 0.3) is 0 Å². The minimum absolute atomic E-state index is 0.316. The molecule has 0 saturated carbocycles. The highest BCUT2D eigenvalue weighted by molar-refractivity contribution is 7.99. The third-order valence-electron chi connectivity index (χ3n) is 3.23. The van der Waals surface area contributed by atoms with Gasteiger partial charge in [0.05, 0.1) is 23.8 Å². The first-order chi connectivity index (χ1) is 8.24. The second-order valence-electron chi connectivity index (χ2n) is 4.77. The molecule has 1 aromatic carbocycles. The second-order valence-corrected chi connectivity index (χ2v) is 5.76. The summed E-state index contributed by atoms with van der Waals surface area (Å²) in [5.74, 6) is 1.03. The molecule has 2 heterocycles. The monoisotopic (exact) mass is 250 g/mol. The number of morpholine rings is 1. The molecule has 2 aliphatic heterocycles. The topological polar surface area (TPSA) is 15.7 Å². The van der Waals surface area contributed by atoms with Gasteiger partial charge in [0.15, 0.2) is 0 Å². The van der Waals surface area contributed by atoms with E-state index in [1.807, 2.05) is 11.8 Å². The smallest absolute Gasteiger partial charge is 0.0849 e. The Morgan fingerprint density at radius 2 is 1.88 bits per heavy atom. The summed E-state index contributed by atoms with van der Waals surface area (Å²) in [6.45, 7) is 6.27. The van der Waals surface area contributed by atoms with Crippen LogP contribution in [0.25, 0.3) is 0 Å². The van der Waals surface area contributed by atoms with E-state index in [0.29, 0.717) is 12.2 Å². The van der Waals surface area contributed by atoms with Crippen molar-refractivity contribution < 1.29 is 4.74 Å². The Bertz CT molecular complexity index is 402. The highest BCUT2D eigenvalue weighted by atomic mass is 32.2. The molecular weight excluding hydrogens is 232 g/mol. The number of para-hydroxylation sites is 1. The molecule has 17 heavy (non-hydrogen) atoms. The van der Waals surface area contributed by atoms with Gasteiger partial charge in [0.1, 0.15) is 0 Å². The zero-order valence-corrected chi connectivity index (χ0v) is 11.1. The lowest BCUT2D eigenvalue weighted by Crippen LogP contribution is -2.53. The maximum atomic E-state index is 5.79. The van der Waals surface area contributed by atoms with Gasteiger partial charge in [-0.05, 0) is 26.0 Å². The van der Waals surface area contributed by atoms with Crippen LogP contribution in [-0.4, -0.2) is 36.2 Å². The number of hydrazine groups is 1. The van der Waals surface area contributed by atoms with Gasteiger partial charge in [-0.15, -0.1) is 11.8 Å². The van der Waals surface area contributed by atoms with Gasteiger partial charge in [0.2, 0.25) is 0 Å². The molecule has 2 atom stereocenters. The first-order valence-corrected chi connectivity index (χ1v) is 7.12. The van der Waals surface area contributed by atoms with Crippen LogP contribution in [0.4, 0.5) is 5.69 Å². The van der Waals surface area contributed by atoms with Crippen LogP contribution >= 0.6 is 11.8 Å². The molecule has 0 bridgehead atoms. The summed E-state index contributed by atoms with van der Waals surface area (Å²) < 4.78 is 5.79. The molecule has 3 nitrogen and oxygen atoms in total. The Morgan fingerprint density at radius 1 is 1.18 bits per heavy atom. The second kappa shape index (κ2) is 4.52. The van der Waals surface area contributed by atoms with Crippen molar-refractivity contribution in [2.75, 3.05) is 24.0 Å². The Kier molecular flexibility index (Phi) is 3.03. The summed E-state index contributed by atoms with van der Waals surface area (Å²) in [5, 5.41) is 4.83. The lowest BCUT2D eigenvalue weighted by molar-refractivity contribution is -0.0702. The van der Waals surface area contributed by atoms with E-state index in [4.69, 9.17) is 4.74 Å². The number of thioether (sulfide) groups is 1. The zero-order chi connectivity index (χ0) is 11.8. The van der Waals surface area contributed by atoms with Crippen molar-refractivity contribution in [2.24, 2.45) is 0 Å². The average molecular weight is 250 g/mol. The molecule has 0 aromatic heterocycles. The van der Waals surface area contributed by atoms with Crippen LogP contribution in [0.3, 0.4) is 0 Å². The fraction of sp³-hybridized carbons (Fsp3) is 0.538. The molecule has 2 unspecified atom stereocenters. The number of hydrogen-bond acceptors (Lipinski definition) is 4. The lowest BCUT2D eigenvalue weighted by atomic mass is 10.2. The van der Waals surface area contributed by atoms with Gasteiger partial charge in [-0.1, -0.05) is 12.1 Å². The molecule has 0 aliphatic carbocycles. The van der Waals surface area contributed by atoms with E-state index in [9.17, 15) is 0 Å². The van der Waals surface area contributed by atoms with Gasteiger partial charge in [-0.25, -0.2) is 5.01 Å². The van der Waals surface area contributed by atoms with Crippen molar-refractivity contribution in [3.63, 3.8) is 0 Å². The molecule has 0 radical (unpaired) electrons. The predicted octanol–water partition coefficient (Wildman–Crippen LogP) is 2.58. The van der Waals surface area contributed by atoms with E-state index < -0.39 is 0 Å². The van der Waals surface area contributed by atoms with E-state index in [-0.39, 0.29) is 0 Å². The number of fused-ring (bicyclic) bond motifs is 1. The molecule has 1 aromatic rings. The summed E-state index contributed by atoms with van der Waals surface area (Å²) in [4.78, 5) is 1.39. The Labute approximate surface area is 107 Å². The van der Waals surface area contributed by atoms with E-state index in [1.54, 1.807) is 0 Å². The fourth-order valence-electron chi connectivity index (χ4n) is 2.57. The van der Waals surface area contributed by atoms with Gasteiger partial charge in [-0.2, -0.15) is 0 Å². The van der Waals surface area contributed by atoms with E-state index in [0.717, 1.165) is 19.0 Å². The highest BCUT2D eigenvalue weighted by Crippen LogP contribution is 2.39. The first-order valence-electron chi connectivity index (χ1n) is 6.14. The summed E-state index contributed by atoms with van der Waals surface area (Å²) >= 11 is 1.92. The molecule has 3 rings (SSSR count). The standard InChI is InChI=1S/C13H18N2OS/c1-10-7-14(8-11(2)16-10)15-9-17-13-6-4-3-5-12(13)15/h3-6,10-11H,7-9H2,1-2H3. The number of hydrogen-bond donors (Lipinski definition) is 0. The molecule has 1 saturated heterocycles. The van der Waals surface area contributed by atoms with Crippen molar-refractivity contribution in [2.45, 2.75) is 31.0 Å². The van der Waals surface area contributed by atoms with Crippen LogP contribution in [0.2, 0.25) is 0 Å². The SMILES string of the molecule is CC1CN(N2CSc3ccccc32)CC(C)O1. The van der Waals surface area contributed by atoms with E-state index >= 15 is 0 Å². The summed E-state index contributed by atoms with van der Waals surface area (Å²) in [7, 11) is 0. The van der Waals surface area contributed by atoms with Crippen molar-refractivity contribution in [3.05, 3.63) is 24.3 Å². The van der Waals surface area contributed by atoms with Gasteiger partial charge in [-0.3, -0.25) is 5.01 Å². The highest BCUT2D eigenvalue weighted by Gasteiger charge is 2.30. The van der Waals surface area contributed by atoms with Crippen molar-refractivity contribution in [1.82, 2.24) is 5.01 Å². The van der Waals surface area contributed by atoms with E-state index in [1.165, 1.54) is 10.6 Å². The minimum atomic E-state index is 0.316. The number of rotatable bonds is 1. The van der Waals surface area contributed by atoms with Crippen molar-refractivity contribution in [1.29, 1.82) is 0 Å². The van der Waals surface area contributed by atoms with Gasteiger partial charge < -0.3 is 4.74 Å². The Hall–Kier alpha value is -0.710. The molecular formula is C13H18N2OS. The maximum Gasteiger partial charge on any atom is 0.0849 e. The summed E-state index contributed by atoms with van der Waals surface area (Å²) in [6.07, 6.45) is 0.632. The van der Waals surface area contributed by atoms with Crippen LogP contribution in [0.15, 0.2) is 29.2 Å². The molecule has 0 amide bonds. The first kappa shape index (κ1) is 11.4. The van der Waals surface area contributed by atoms with Gasteiger partial charge >= 0.3 is 0 Å². The van der Waals surface area contributed by atoms with Gasteiger partial charge in [0, 0.05) is 18.0 Å². The lowest BCUT2D eigenvalue weighted by Gasteiger charge is -2.41. The third-order valence-corrected chi connectivity index (χ3v) is 4.26.